The SMILES string of the molecule is COc1ccccc1NC(=O)COC(=O)CCN1C(=O)C(C)Oc2ccccc21. The number of para-hydroxylation sites is 4. The van der Waals surface area contributed by atoms with E-state index >= 15 is 0 Å². The Hall–Kier alpha value is -3.55. The molecule has 0 bridgehead atoms. The second-order valence-electron chi connectivity index (χ2n) is 6.38. The van der Waals surface area contributed by atoms with Gasteiger partial charge in [-0.25, -0.2) is 0 Å². The fraction of sp³-hybridized carbons (Fsp3) is 0.286. The number of hydrogen-bond donors (Lipinski definition) is 1. The summed E-state index contributed by atoms with van der Waals surface area (Å²) in [7, 11) is 1.50. The molecule has 0 aromatic heterocycles. The lowest BCUT2D eigenvalue weighted by Crippen LogP contribution is -2.45. The van der Waals surface area contributed by atoms with E-state index in [2.05, 4.69) is 5.32 Å². The maximum Gasteiger partial charge on any atom is 0.308 e. The number of amides is 2. The minimum Gasteiger partial charge on any atom is -0.495 e. The number of benzene rings is 2. The summed E-state index contributed by atoms with van der Waals surface area (Å²) in [5, 5.41) is 2.63. The summed E-state index contributed by atoms with van der Waals surface area (Å²) >= 11 is 0. The summed E-state index contributed by atoms with van der Waals surface area (Å²) in [4.78, 5) is 38.0. The van der Waals surface area contributed by atoms with Gasteiger partial charge in [0.25, 0.3) is 11.8 Å². The number of rotatable bonds is 7. The molecule has 1 heterocycles. The van der Waals surface area contributed by atoms with E-state index in [1.54, 1.807) is 49.4 Å². The average molecular weight is 398 g/mol. The predicted octanol–water partition coefficient (Wildman–Crippen LogP) is 2.38. The largest absolute Gasteiger partial charge is 0.495 e. The second kappa shape index (κ2) is 9.09. The fourth-order valence-electron chi connectivity index (χ4n) is 2.94. The summed E-state index contributed by atoms with van der Waals surface area (Å²) < 4.78 is 15.7. The molecular weight excluding hydrogens is 376 g/mol. The molecule has 1 atom stereocenters. The Balaban J connectivity index is 1.51. The lowest BCUT2D eigenvalue weighted by atomic mass is 10.2. The van der Waals surface area contributed by atoms with Crippen LogP contribution in [0.4, 0.5) is 11.4 Å². The number of anilines is 2. The molecule has 2 amide bonds. The predicted molar refractivity (Wildman–Crippen MR) is 106 cm³/mol. The lowest BCUT2D eigenvalue weighted by Gasteiger charge is -2.32. The highest BCUT2D eigenvalue weighted by Crippen LogP contribution is 2.33. The Labute approximate surface area is 168 Å². The van der Waals surface area contributed by atoms with Crippen LogP contribution >= 0.6 is 0 Å². The number of methoxy groups -OCH3 is 1. The topological polar surface area (TPSA) is 94.2 Å². The Morgan fingerprint density at radius 3 is 2.66 bits per heavy atom. The van der Waals surface area contributed by atoms with Gasteiger partial charge in [-0.3, -0.25) is 14.4 Å². The first-order valence-electron chi connectivity index (χ1n) is 9.15. The molecule has 1 aliphatic heterocycles. The van der Waals surface area contributed by atoms with E-state index < -0.39 is 24.6 Å². The van der Waals surface area contributed by atoms with Gasteiger partial charge in [0.1, 0.15) is 11.5 Å². The van der Waals surface area contributed by atoms with E-state index in [1.807, 2.05) is 6.07 Å². The van der Waals surface area contributed by atoms with Crippen LogP contribution in [0, 0.1) is 0 Å². The molecule has 0 radical (unpaired) electrons. The van der Waals surface area contributed by atoms with Gasteiger partial charge in [-0.05, 0) is 31.2 Å². The third kappa shape index (κ3) is 4.84. The first-order valence-corrected chi connectivity index (χ1v) is 9.15. The zero-order valence-corrected chi connectivity index (χ0v) is 16.2. The Kier molecular flexibility index (Phi) is 6.33. The fourth-order valence-corrected chi connectivity index (χ4v) is 2.94. The lowest BCUT2D eigenvalue weighted by molar-refractivity contribution is -0.147. The van der Waals surface area contributed by atoms with Crippen molar-refractivity contribution in [2.45, 2.75) is 19.4 Å². The van der Waals surface area contributed by atoms with E-state index in [1.165, 1.54) is 12.0 Å². The summed E-state index contributed by atoms with van der Waals surface area (Å²) in [6.07, 6.45) is -0.679. The molecule has 152 valence electrons. The molecule has 0 saturated heterocycles. The molecule has 1 aliphatic rings. The van der Waals surface area contributed by atoms with Crippen molar-refractivity contribution < 1.29 is 28.6 Å². The first-order chi connectivity index (χ1) is 14.0. The number of nitrogens with zero attached hydrogens (tertiary/aromatic N) is 1. The Morgan fingerprint density at radius 2 is 1.86 bits per heavy atom. The van der Waals surface area contributed by atoms with Gasteiger partial charge in [0.2, 0.25) is 0 Å². The van der Waals surface area contributed by atoms with Crippen molar-refractivity contribution in [1.82, 2.24) is 0 Å². The zero-order valence-electron chi connectivity index (χ0n) is 16.2. The van der Waals surface area contributed by atoms with Crippen molar-refractivity contribution in [3.63, 3.8) is 0 Å². The monoisotopic (exact) mass is 398 g/mol. The van der Waals surface area contributed by atoms with Crippen LogP contribution in [-0.4, -0.2) is 44.1 Å². The number of carbonyl (C=O) groups is 3. The van der Waals surface area contributed by atoms with Gasteiger partial charge in [-0.2, -0.15) is 0 Å². The van der Waals surface area contributed by atoms with Crippen molar-refractivity contribution in [3.05, 3.63) is 48.5 Å². The summed E-state index contributed by atoms with van der Waals surface area (Å²) in [5.74, 6) is -0.200. The molecule has 2 aromatic rings. The molecule has 2 aromatic carbocycles. The average Bonchev–Trinajstić information content (AvgIpc) is 2.73. The molecule has 8 heteroatoms. The Bertz CT molecular complexity index is 914. The maximum atomic E-state index is 12.4. The molecule has 0 spiro atoms. The van der Waals surface area contributed by atoms with Crippen molar-refractivity contribution >= 4 is 29.2 Å². The Morgan fingerprint density at radius 1 is 1.14 bits per heavy atom. The highest BCUT2D eigenvalue weighted by molar-refractivity contribution is 6.00. The van der Waals surface area contributed by atoms with Crippen LogP contribution in [0.1, 0.15) is 13.3 Å². The van der Waals surface area contributed by atoms with Crippen LogP contribution < -0.4 is 19.7 Å². The van der Waals surface area contributed by atoms with Crippen LogP contribution in [-0.2, 0) is 19.1 Å². The molecule has 1 unspecified atom stereocenters. The summed E-state index contributed by atoms with van der Waals surface area (Å²) in [6, 6.07) is 14.0. The normalized spacial score (nSPS) is 15.2. The first kappa shape index (κ1) is 20.2. The highest BCUT2D eigenvalue weighted by atomic mass is 16.5. The van der Waals surface area contributed by atoms with Gasteiger partial charge in [-0.1, -0.05) is 24.3 Å². The number of carbonyl (C=O) groups excluding carboxylic acids is 3. The van der Waals surface area contributed by atoms with Crippen molar-refractivity contribution in [2.75, 3.05) is 30.5 Å². The van der Waals surface area contributed by atoms with Crippen LogP contribution in [0.15, 0.2) is 48.5 Å². The number of ether oxygens (including phenoxy) is 3. The van der Waals surface area contributed by atoms with E-state index in [9.17, 15) is 14.4 Å². The number of nitrogens with one attached hydrogen (secondary N) is 1. The van der Waals surface area contributed by atoms with E-state index in [4.69, 9.17) is 14.2 Å². The molecule has 0 fully saturated rings. The molecule has 0 saturated carbocycles. The standard InChI is InChI=1S/C21H22N2O6/c1-14-21(26)23(16-8-4-6-10-18(16)29-14)12-11-20(25)28-13-19(24)22-15-7-3-5-9-17(15)27-2/h3-10,14H,11-13H2,1-2H3,(H,22,24). The van der Waals surface area contributed by atoms with Crippen LogP contribution in [0.3, 0.4) is 0 Å². The summed E-state index contributed by atoms with van der Waals surface area (Å²) in [5.41, 5.74) is 1.10. The van der Waals surface area contributed by atoms with Gasteiger partial charge < -0.3 is 24.4 Å². The quantitative estimate of drug-likeness (QED) is 0.720. The van der Waals surface area contributed by atoms with Crippen LogP contribution in [0.25, 0.3) is 0 Å². The van der Waals surface area contributed by atoms with E-state index in [0.717, 1.165) is 0 Å². The molecule has 8 nitrogen and oxygen atoms in total. The molecule has 3 rings (SSSR count). The van der Waals surface area contributed by atoms with E-state index in [-0.39, 0.29) is 18.9 Å². The van der Waals surface area contributed by atoms with Crippen molar-refractivity contribution in [3.8, 4) is 11.5 Å². The third-order valence-electron chi connectivity index (χ3n) is 4.36. The number of fused-ring (bicyclic) bond motifs is 1. The van der Waals surface area contributed by atoms with Crippen molar-refractivity contribution in [1.29, 1.82) is 0 Å². The van der Waals surface area contributed by atoms with Gasteiger partial charge >= 0.3 is 5.97 Å². The third-order valence-corrected chi connectivity index (χ3v) is 4.36. The second-order valence-corrected chi connectivity index (χ2v) is 6.38. The van der Waals surface area contributed by atoms with Gasteiger partial charge in [0, 0.05) is 6.54 Å². The van der Waals surface area contributed by atoms with Gasteiger partial charge in [0.15, 0.2) is 12.7 Å². The van der Waals surface area contributed by atoms with Crippen molar-refractivity contribution in [2.24, 2.45) is 0 Å². The van der Waals surface area contributed by atoms with E-state index in [0.29, 0.717) is 22.9 Å². The number of hydrogen-bond acceptors (Lipinski definition) is 6. The summed E-state index contributed by atoms with van der Waals surface area (Å²) in [6.45, 7) is 1.36. The minimum absolute atomic E-state index is 0.0469. The minimum atomic E-state index is -0.632. The smallest absolute Gasteiger partial charge is 0.308 e. The molecule has 29 heavy (non-hydrogen) atoms. The molecule has 1 N–H and O–H groups in total. The highest BCUT2D eigenvalue weighted by Gasteiger charge is 2.31. The number of esters is 1. The van der Waals surface area contributed by atoms with Crippen LogP contribution in [0.2, 0.25) is 0 Å². The van der Waals surface area contributed by atoms with Gasteiger partial charge in [-0.15, -0.1) is 0 Å². The maximum absolute atomic E-state index is 12.4. The van der Waals surface area contributed by atoms with Gasteiger partial charge in [0.05, 0.1) is 24.9 Å². The molecule has 0 aliphatic carbocycles. The molecular formula is C21H22N2O6. The van der Waals surface area contributed by atoms with Crippen LogP contribution in [0.5, 0.6) is 11.5 Å². The zero-order chi connectivity index (χ0) is 20.8.